The standard InChI is InChI=1S/C14H13N5O3S/c1-9(16-14-15-8-12(23-14)19(20)21)7-11-17-13(18-22-11)10-5-3-2-4-6-10/h2-6,8-9H,7H2,1H3,(H,15,16)/t9-/m1/s1. The highest BCUT2D eigenvalue weighted by molar-refractivity contribution is 7.18. The Morgan fingerprint density at radius 1 is 1.39 bits per heavy atom. The van der Waals surface area contributed by atoms with Gasteiger partial charge < -0.3 is 9.84 Å². The zero-order valence-electron chi connectivity index (χ0n) is 12.2. The highest BCUT2D eigenvalue weighted by Gasteiger charge is 2.15. The van der Waals surface area contributed by atoms with Crippen LogP contribution in [0.15, 0.2) is 41.1 Å². The molecule has 0 unspecified atom stereocenters. The van der Waals surface area contributed by atoms with E-state index in [0.717, 1.165) is 16.9 Å². The second kappa shape index (κ2) is 6.53. The minimum absolute atomic E-state index is 0.00357. The smallest absolute Gasteiger partial charge is 0.345 e. The molecule has 0 amide bonds. The Morgan fingerprint density at radius 3 is 2.87 bits per heavy atom. The van der Waals surface area contributed by atoms with Crippen LogP contribution >= 0.6 is 11.3 Å². The highest BCUT2D eigenvalue weighted by atomic mass is 32.1. The third kappa shape index (κ3) is 3.69. The summed E-state index contributed by atoms with van der Waals surface area (Å²) in [6, 6.07) is 9.50. The van der Waals surface area contributed by atoms with E-state index in [1.807, 2.05) is 37.3 Å². The summed E-state index contributed by atoms with van der Waals surface area (Å²) in [6.07, 6.45) is 1.73. The lowest BCUT2D eigenvalue weighted by molar-refractivity contribution is -0.380. The SMILES string of the molecule is C[C@H](Cc1nc(-c2ccccc2)no1)Nc1ncc([N+](=O)[O-])s1. The van der Waals surface area contributed by atoms with E-state index in [2.05, 4.69) is 20.4 Å². The highest BCUT2D eigenvalue weighted by Crippen LogP contribution is 2.25. The van der Waals surface area contributed by atoms with Gasteiger partial charge in [-0.3, -0.25) is 10.1 Å². The van der Waals surface area contributed by atoms with Crippen LogP contribution in [-0.4, -0.2) is 26.1 Å². The summed E-state index contributed by atoms with van der Waals surface area (Å²) < 4.78 is 5.24. The largest absolute Gasteiger partial charge is 0.358 e. The molecule has 3 aromatic rings. The molecule has 0 saturated heterocycles. The van der Waals surface area contributed by atoms with Crippen LogP contribution < -0.4 is 5.32 Å². The minimum Gasteiger partial charge on any atom is -0.358 e. The van der Waals surface area contributed by atoms with Crippen molar-refractivity contribution in [3.8, 4) is 11.4 Å². The molecule has 0 fully saturated rings. The predicted octanol–water partition coefficient (Wildman–Crippen LogP) is 3.14. The second-order valence-electron chi connectivity index (χ2n) is 4.89. The molecule has 3 rings (SSSR count). The lowest BCUT2D eigenvalue weighted by Gasteiger charge is -2.09. The van der Waals surface area contributed by atoms with E-state index in [4.69, 9.17) is 4.52 Å². The maximum absolute atomic E-state index is 10.6. The van der Waals surface area contributed by atoms with Crippen LogP contribution in [0.25, 0.3) is 11.4 Å². The van der Waals surface area contributed by atoms with Crippen LogP contribution in [0, 0.1) is 10.1 Å². The first kappa shape index (κ1) is 15.1. The fourth-order valence-electron chi connectivity index (χ4n) is 1.98. The molecule has 0 bridgehead atoms. The fraction of sp³-hybridized carbons (Fsp3) is 0.214. The van der Waals surface area contributed by atoms with Crippen molar-refractivity contribution in [3.63, 3.8) is 0 Å². The van der Waals surface area contributed by atoms with Crippen molar-refractivity contribution in [1.82, 2.24) is 15.1 Å². The number of rotatable bonds is 6. The van der Waals surface area contributed by atoms with Crippen molar-refractivity contribution in [2.45, 2.75) is 19.4 Å². The molecule has 0 aliphatic heterocycles. The molecule has 118 valence electrons. The van der Waals surface area contributed by atoms with E-state index >= 15 is 0 Å². The van der Waals surface area contributed by atoms with Crippen LogP contribution in [0.4, 0.5) is 10.1 Å². The van der Waals surface area contributed by atoms with Crippen molar-refractivity contribution < 1.29 is 9.45 Å². The van der Waals surface area contributed by atoms with Gasteiger partial charge in [0.15, 0.2) is 5.13 Å². The molecule has 1 N–H and O–H groups in total. The molecule has 1 aromatic carbocycles. The fourth-order valence-corrected chi connectivity index (χ4v) is 2.73. The van der Waals surface area contributed by atoms with Gasteiger partial charge in [0.05, 0.1) is 4.92 Å². The number of hydrogen-bond acceptors (Lipinski definition) is 8. The van der Waals surface area contributed by atoms with Crippen molar-refractivity contribution in [1.29, 1.82) is 0 Å². The Bertz CT molecular complexity index is 802. The lowest BCUT2D eigenvalue weighted by atomic mass is 10.2. The van der Waals surface area contributed by atoms with Gasteiger partial charge in [0.25, 0.3) is 0 Å². The normalized spacial score (nSPS) is 12.0. The summed E-state index contributed by atoms with van der Waals surface area (Å²) in [7, 11) is 0. The topological polar surface area (TPSA) is 107 Å². The number of aromatic nitrogens is 3. The molecule has 0 radical (unpaired) electrons. The maximum atomic E-state index is 10.6. The quantitative estimate of drug-likeness (QED) is 0.546. The number of hydrogen-bond donors (Lipinski definition) is 1. The third-order valence-corrected chi connectivity index (χ3v) is 3.90. The van der Waals surface area contributed by atoms with Gasteiger partial charge in [-0.1, -0.05) is 35.5 Å². The summed E-state index contributed by atoms with van der Waals surface area (Å²) in [5, 5.41) is 18.2. The molecule has 1 atom stereocenters. The summed E-state index contributed by atoms with van der Waals surface area (Å²) in [6.45, 7) is 1.92. The summed E-state index contributed by atoms with van der Waals surface area (Å²) in [5.41, 5.74) is 0.888. The zero-order valence-corrected chi connectivity index (χ0v) is 13.0. The van der Waals surface area contributed by atoms with Gasteiger partial charge >= 0.3 is 5.00 Å². The average molecular weight is 331 g/mol. The van der Waals surface area contributed by atoms with Gasteiger partial charge in [-0.15, -0.1) is 0 Å². The Morgan fingerprint density at radius 2 is 2.17 bits per heavy atom. The maximum Gasteiger partial charge on any atom is 0.345 e. The van der Waals surface area contributed by atoms with E-state index in [-0.39, 0.29) is 11.0 Å². The van der Waals surface area contributed by atoms with Gasteiger partial charge in [0.2, 0.25) is 11.7 Å². The van der Waals surface area contributed by atoms with E-state index in [1.54, 1.807) is 0 Å². The van der Waals surface area contributed by atoms with Crippen molar-refractivity contribution in [2.75, 3.05) is 5.32 Å². The number of thiazole rings is 1. The third-order valence-electron chi connectivity index (χ3n) is 3.02. The molecule has 0 aliphatic rings. The summed E-state index contributed by atoms with van der Waals surface area (Å²) in [5.74, 6) is 1.03. The van der Waals surface area contributed by atoms with E-state index < -0.39 is 4.92 Å². The predicted molar refractivity (Wildman–Crippen MR) is 85.3 cm³/mol. The molecule has 0 saturated carbocycles. The molecule has 8 nitrogen and oxygen atoms in total. The first-order valence-electron chi connectivity index (χ1n) is 6.86. The van der Waals surface area contributed by atoms with Gasteiger partial charge in [-0.25, -0.2) is 4.98 Å². The number of anilines is 1. The van der Waals surface area contributed by atoms with Crippen LogP contribution in [0.1, 0.15) is 12.8 Å². The van der Waals surface area contributed by atoms with Crippen LogP contribution in [0.5, 0.6) is 0 Å². The first-order chi connectivity index (χ1) is 11.1. The van der Waals surface area contributed by atoms with Gasteiger partial charge in [0, 0.05) is 18.0 Å². The summed E-state index contributed by atoms with van der Waals surface area (Å²) in [4.78, 5) is 18.5. The van der Waals surface area contributed by atoms with Crippen molar-refractivity contribution in [3.05, 3.63) is 52.5 Å². The minimum atomic E-state index is -0.461. The Labute approximate surface area is 135 Å². The lowest BCUT2D eigenvalue weighted by Crippen LogP contribution is -2.18. The second-order valence-corrected chi connectivity index (χ2v) is 5.90. The van der Waals surface area contributed by atoms with Crippen LogP contribution in [0.3, 0.4) is 0 Å². The number of benzene rings is 1. The van der Waals surface area contributed by atoms with Gasteiger partial charge in [-0.05, 0) is 18.3 Å². The molecule has 0 spiro atoms. The molecule has 23 heavy (non-hydrogen) atoms. The molecule has 0 aliphatic carbocycles. The molecule has 2 aromatic heterocycles. The Balaban J connectivity index is 1.62. The van der Waals surface area contributed by atoms with E-state index in [9.17, 15) is 10.1 Å². The molecule has 2 heterocycles. The van der Waals surface area contributed by atoms with E-state index in [1.165, 1.54) is 6.20 Å². The van der Waals surface area contributed by atoms with Gasteiger partial charge in [-0.2, -0.15) is 4.98 Å². The van der Waals surface area contributed by atoms with E-state index in [0.29, 0.717) is 23.3 Å². The monoisotopic (exact) mass is 331 g/mol. The molecule has 9 heteroatoms. The van der Waals surface area contributed by atoms with Crippen molar-refractivity contribution in [2.24, 2.45) is 0 Å². The Kier molecular flexibility index (Phi) is 4.29. The molecular formula is C14H13N5O3S. The average Bonchev–Trinajstić information content (AvgIpc) is 3.18. The Hall–Kier alpha value is -2.81. The number of nitrogens with one attached hydrogen (secondary N) is 1. The summed E-state index contributed by atoms with van der Waals surface area (Å²) >= 11 is 0.994. The van der Waals surface area contributed by atoms with Crippen LogP contribution in [-0.2, 0) is 6.42 Å². The number of nitro groups is 1. The van der Waals surface area contributed by atoms with Crippen LogP contribution in [0.2, 0.25) is 0 Å². The number of nitrogens with zero attached hydrogens (tertiary/aromatic N) is 4. The van der Waals surface area contributed by atoms with Gasteiger partial charge in [0.1, 0.15) is 6.20 Å². The zero-order chi connectivity index (χ0) is 16.2. The van der Waals surface area contributed by atoms with Crippen molar-refractivity contribution >= 4 is 21.5 Å². The first-order valence-corrected chi connectivity index (χ1v) is 7.68. The molecular weight excluding hydrogens is 318 g/mol.